The maximum absolute atomic E-state index is 12.5. The van der Waals surface area contributed by atoms with Crippen molar-refractivity contribution in [1.29, 1.82) is 0 Å². The fourth-order valence-corrected chi connectivity index (χ4v) is 4.95. The van der Waals surface area contributed by atoms with Crippen molar-refractivity contribution in [2.45, 2.75) is 39.0 Å². The third kappa shape index (κ3) is 5.57. The zero-order chi connectivity index (χ0) is 20.0. The predicted octanol–water partition coefficient (Wildman–Crippen LogP) is 3.06. The second kappa shape index (κ2) is 9.38. The molecule has 1 N–H and O–H groups in total. The molecule has 2 rings (SSSR count). The van der Waals surface area contributed by atoms with E-state index in [2.05, 4.69) is 29.4 Å². The number of hydrogen-bond acceptors (Lipinski definition) is 7. The summed E-state index contributed by atoms with van der Waals surface area (Å²) in [7, 11) is -3.52. The average Bonchev–Trinajstić information content (AvgIpc) is 3.07. The summed E-state index contributed by atoms with van der Waals surface area (Å²) < 4.78 is 26.3. The molecule has 0 saturated carbocycles. The number of ketones is 1. The van der Waals surface area contributed by atoms with Gasteiger partial charge in [0.25, 0.3) is 0 Å². The molecule has 148 valence electrons. The third-order valence-corrected chi connectivity index (χ3v) is 6.94. The SMILES string of the molecule is CCN(CC)S(=O)(=O)c1ccc(C(=O)CNc2nnc(CC(C)C)s2)cc1. The molecule has 0 aliphatic heterocycles. The Balaban J connectivity index is 2.00. The van der Waals surface area contributed by atoms with Gasteiger partial charge in [-0.3, -0.25) is 4.79 Å². The van der Waals surface area contributed by atoms with Crippen molar-refractivity contribution in [3.05, 3.63) is 34.8 Å². The summed E-state index contributed by atoms with van der Waals surface area (Å²) in [6.45, 7) is 8.71. The van der Waals surface area contributed by atoms with Crippen LogP contribution in [0.15, 0.2) is 29.2 Å². The Hall–Kier alpha value is -1.84. The number of nitrogens with zero attached hydrogens (tertiary/aromatic N) is 3. The number of sulfonamides is 1. The van der Waals surface area contributed by atoms with Crippen LogP contribution in [-0.4, -0.2) is 48.3 Å². The number of benzene rings is 1. The van der Waals surface area contributed by atoms with Gasteiger partial charge in [0.05, 0.1) is 11.4 Å². The number of nitrogens with one attached hydrogen (secondary N) is 1. The molecule has 0 unspecified atom stereocenters. The first-order chi connectivity index (χ1) is 12.8. The van der Waals surface area contributed by atoms with E-state index in [0.29, 0.717) is 29.7 Å². The van der Waals surface area contributed by atoms with Crippen LogP contribution < -0.4 is 5.32 Å². The lowest BCUT2D eigenvalue weighted by Gasteiger charge is -2.18. The second-order valence-corrected chi connectivity index (χ2v) is 9.49. The van der Waals surface area contributed by atoms with E-state index < -0.39 is 10.0 Å². The maximum atomic E-state index is 12.5. The number of aromatic nitrogens is 2. The molecule has 0 bridgehead atoms. The highest BCUT2D eigenvalue weighted by Gasteiger charge is 2.21. The molecule has 0 radical (unpaired) electrons. The highest BCUT2D eigenvalue weighted by molar-refractivity contribution is 7.89. The van der Waals surface area contributed by atoms with Crippen molar-refractivity contribution >= 4 is 32.3 Å². The van der Waals surface area contributed by atoms with Gasteiger partial charge in [0.1, 0.15) is 5.01 Å². The number of Topliss-reactive ketones (excluding diaryl/α,β-unsaturated/α-hetero) is 1. The van der Waals surface area contributed by atoms with Gasteiger partial charge in [0.2, 0.25) is 15.2 Å². The van der Waals surface area contributed by atoms with Crippen LogP contribution >= 0.6 is 11.3 Å². The minimum atomic E-state index is -3.52. The standard InChI is InChI=1S/C18H26N4O3S2/c1-5-22(6-2)27(24,25)15-9-7-14(8-10-15)16(23)12-19-18-21-20-17(26-18)11-13(3)4/h7-10,13H,5-6,11-12H2,1-4H3,(H,19,21). The predicted molar refractivity (Wildman–Crippen MR) is 108 cm³/mol. The first kappa shape index (κ1) is 21.5. The van der Waals surface area contributed by atoms with Crippen molar-refractivity contribution in [2.75, 3.05) is 25.0 Å². The van der Waals surface area contributed by atoms with Gasteiger partial charge in [-0.2, -0.15) is 4.31 Å². The van der Waals surface area contributed by atoms with Gasteiger partial charge in [0.15, 0.2) is 5.78 Å². The average molecular weight is 411 g/mol. The van der Waals surface area contributed by atoms with Crippen LogP contribution in [0.5, 0.6) is 0 Å². The van der Waals surface area contributed by atoms with Crippen molar-refractivity contribution < 1.29 is 13.2 Å². The molecule has 27 heavy (non-hydrogen) atoms. The summed E-state index contributed by atoms with van der Waals surface area (Å²) in [5.41, 5.74) is 0.452. The quantitative estimate of drug-likeness (QED) is 0.605. The lowest BCUT2D eigenvalue weighted by Crippen LogP contribution is -2.30. The monoisotopic (exact) mass is 410 g/mol. The van der Waals surface area contributed by atoms with Gasteiger partial charge in [-0.25, -0.2) is 8.42 Å². The van der Waals surface area contributed by atoms with E-state index in [1.807, 2.05) is 0 Å². The van der Waals surface area contributed by atoms with Crippen LogP contribution in [0.25, 0.3) is 0 Å². The Morgan fingerprint density at radius 1 is 1.15 bits per heavy atom. The zero-order valence-corrected chi connectivity index (χ0v) is 17.7. The summed E-state index contributed by atoms with van der Waals surface area (Å²) >= 11 is 1.44. The lowest BCUT2D eigenvalue weighted by molar-refractivity contribution is 0.101. The van der Waals surface area contributed by atoms with E-state index in [0.717, 1.165) is 11.4 Å². The van der Waals surface area contributed by atoms with Crippen molar-refractivity contribution in [3.63, 3.8) is 0 Å². The largest absolute Gasteiger partial charge is 0.353 e. The molecule has 1 heterocycles. The summed E-state index contributed by atoms with van der Waals surface area (Å²) in [4.78, 5) is 12.5. The van der Waals surface area contributed by atoms with Crippen molar-refractivity contribution in [3.8, 4) is 0 Å². The van der Waals surface area contributed by atoms with Gasteiger partial charge >= 0.3 is 0 Å². The number of hydrogen-bond donors (Lipinski definition) is 1. The third-order valence-electron chi connectivity index (χ3n) is 3.97. The molecule has 0 atom stereocenters. The molecule has 9 heteroatoms. The van der Waals surface area contributed by atoms with Gasteiger partial charge in [0, 0.05) is 25.1 Å². The van der Waals surface area contributed by atoms with E-state index in [4.69, 9.17) is 0 Å². The van der Waals surface area contributed by atoms with Crippen LogP contribution in [0.1, 0.15) is 43.1 Å². The fraction of sp³-hybridized carbons (Fsp3) is 0.500. The Kier molecular flexibility index (Phi) is 7.46. The Morgan fingerprint density at radius 2 is 1.78 bits per heavy atom. The Morgan fingerprint density at radius 3 is 2.33 bits per heavy atom. The lowest BCUT2D eigenvalue weighted by atomic mass is 10.1. The fourth-order valence-electron chi connectivity index (χ4n) is 2.54. The summed E-state index contributed by atoms with van der Waals surface area (Å²) in [5.74, 6) is 0.362. The molecule has 0 aliphatic rings. The molecule has 0 aliphatic carbocycles. The minimum absolute atomic E-state index is 0.0818. The molecule has 0 saturated heterocycles. The van der Waals surface area contributed by atoms with Crippen LogP contribution in [0, 0.1) is 5.92 Å². The second-order valence-electron chi connectivity index (χ2n) is 6.49. The van der Waals surface area contributed by atoms with Crippen LogP contribution in [0.3, 0.4) is 0 Å². The van der Waals surface area contributed by atoms with Gasteiger partial charge in [-0.1, -0.05) is 39.0 Å². The van der Waals surface area contributed by atoms with Crippen molar-refractivity contribution in [1.82, 2.24) is 14.5 Å². The van der Waals surface area contributed by atoms with Gasteiger partial charge in [-0.15, -0.1) is 10.2 Å². The Labute approximate surface area is 164 Å². The molecule has 1 aromatic carbocycles. The first-order valence-corrected chi connectivity index (χ1v) is 11.2. The van der Waals surface area contributed by atoms with E-state index in [1.54, 1.807) is 26.0 Å². The van der Waals surface area contributed by atoms with E-state index in [9.17, 15) is 13.2 Å². The smallest absolute Gasteiger partial charge is 0.243 e. The van der Waals surface area contributed by atoms with E-state index in [-0.39, 0.29) is 17.2 Å². The summed E-state index contributed by atoms with van der Waals surface area (Å²) in [6, 6.07) is 6.05. The van der Waals surface area contributed by atoms with Gasteiger partial charge < -0.3 is 5.32 Å². The molecule has 0 fully saturated rings. The zero-order valence-electron chi connectivity index (χ0n) is 16.1. The topological polar surface area (TPSA) is 92.3 Å². The van der Waals surface area contributed by atoms with E-state index in [1.165, 1.54) is 27.8 Å². The highest BCUT2D eigenvalue weighted by Crippen LogP contribution is 2.19. The minimum Gasteiger partial charge on any atom is -0.353 e. The molecule has 0 spiro atoms. The van der Waals surface area contributed by atoms with Gasteiger partial charge in [-0.05, 0) is 30.2 Å². The van der Waals surface area contributed by atoms with Crippen LogP contribution in [0.2, 0.25) is 0 Å². The molecular weight excluding hydrogens is 384 g/mol. The first-order valence-electron chi connectivity index (χ1n) is 8.97. The number of anilines is 1. The maximum Gasteiger partial charge on any atom is 0.243 e. The molecule has 1 aromatic heterocycles. The van der Waals surface area contributed by atoms with E-state index >= 15 is 0 Å². The molecule has 2 aromatic rings. The molecule has 0 amide bonds. The highest BCUT2D eigenvalue weighted by atomic mass is 32.2. The normalized spacial score (nSPS) is 11.9. The number of carbonyl (C=O) groups is 1. The summed E-state index contributed by atoms with van der Waals surface area (Å²) in [6.07, 6.45) is 0.857. The number of carbonyl (C=O) groups excluding carboxylic acids is 1. The number of rotatable bonds is 10. The Bertz CT molecular complexity index is 857. The summed E-state index contributed by atoms with van der Waals surface area (Å²) in [5, 5.41) is 12.7. The van der Waals surface area contributed by atoms with Crippen LogP contribution in [-0.2, 0) is 16.4 Å². The molecule has 7 nitrogen and oxygen atoms in total. The van der Waals surface area contributed by atoms with Crippen LogP contribution in [0.4, 0.5) is 5.13 Å². The molecular formula is C18H26N4O3S2. The van der Waals surface area contributed by atoms with Crippen molar-refractivity contribution in [2.24, 2.45) is 5.92 Å².